The molecule has 0 unspecified atom stereocenters. The highest BCUT2D eigenvalue weighted by Gasteiger charge is 2.21. The molecule has 7 heteroatoms. The Morgan fingerprint density at radius 3 is 2.33 bits per heavy atom. The van der Waals surface area contributed by atoms with E-state index in [4.69, 9.17) is 0 Å². The van der Waals surface area contributed by atoms with E-state index in [0.29, 0.717) is 13.1 Å². The first-order valence-electron chi connectivity index (χ1n) is 7.80. The molecule has 0 bridgehead atoms. The first-order chi connectivity index (χ1) is 11.3. The highest BCUT2D eigenvalue weighted by molar-refractivity contribution is 5.87. The van der Waals surface area contributed by atoms with E-state index in [1.165, 1.54) is 6.33 Å². The minimum Gasteiger partial charge on any atom is -0.350 e. The number of nitrogens with zero attached hydrogens (tertiary/aromatic N) is 3. The number of nitrogens with one attached hydrogen (secondary N) is 2. The summed E-state index contributed by atoms with van der Waals surface area (Å²) in [6.45, 7) is 6.49. The van der Waals surface area contributed by atoms with E-state index in [9.17, 15) is 9.59 Å². The van der Waals surface area contributed by atoms with Crippen LogP contribution in [0.2, 0.25) is 0 Å². The van der Waals surface area contributed by atoms with Crippen molar-refractivity contribution in [2.45, 2.75) is 33.9 Å². The van der Waals surface area contributed by atoms with Crippen LogP contribution in [-0.4, -0.2) is 33.1 Å². The Hall–Kier alpha value is -2.70. The molecule has 1 aromatic carbocycles. The highest BCUT2D eigenvalue weighted by Crippen LogP contribution is 2.11. The number of benzene rings is 1. The van der Waals surface area contributed by atoms with Gasteiger partial charge in [-0.15, -0.1) is 0 Å². The van der Waals surface area contributed by atoms with Crippen molar-refractivity contribution >= 4 is 11.8 Å². The summed E-state index contributed by atoms with van der Waals surface area (Å²) in [5, 5.41) is 9.47. The predicted molar refractivity (Wildman–Crippen MR) is 89.9 cm³/mol. The van der Waals surface area contributed by atoms with Gasteiger partial charge in [0, 0.05) is 12.0 Å². The van der Waals surface area contributed by atoms with E-state index in [2.05, 4.69) is 20.7 Å². The van der Waals surface area contributed by atoms with E-state index < -0.39 is 5.41 Å². The van der Waals surface area contributed by atoms with Crippen molar-refractivity contribution in [3.63, 3.8) is 0 Å². The molecule has 1 heterocycles. The van der Waals surface area contributed by atoms with Crippen LogP contribution in [0.15, 0.2) is 36.9 Å². The largest absolute Gasteiger partial charge is 0.350 e. The summed E-state index contributed by atoms with van der Waals surface area (Å²) >= 11 is 0. The Kier molecular flexibility index (Phi) is 5.68. The number of rotatable bonds is 6. The van der Waals surface area contributed by atoms with Crippen LogP contribution in [-0.2, 0) is 22.7 Å². The zero-order valence-corrected chi connectivity index (χ0v) is 14.2. The van der Waals surface area contributed by atoms with E-state index in [0.717, 1.165) is 11.1 Å². The molecule has 0 aliphatic heterocycles. The second-order valence-corrected chi connectivity index (χ2v) is 6.62. The number of aromatic nitrogens is 3. The van der Waals surface area contributed by atoms with Gasteiger partial charge in [0.2, 0.25) is 11.8 Å². The van der Waals surface area contributed by atoms with Crippen LogP contribution in [0.5, 0.6) is 0 Å². The van der Waals surface area contributed by atoms with Crippen LogP contribution in [0.1, 0.15) is 31.9 Å². The molecule has 0 atom stereocenters. The summed E-state index contributed by atoms with van der Waals surface area (Å²) in [5.41, 5.74) is 1.60. The average molecular weight is 329 g/mol. The predicted octanol–water partition coefficient (Wildman–Crippen LogP) is 1.10. The summed E-state index contributed by atoms with van der Waals surface area (Å²) in [5.74, 6) is -0.352. The molecule has 128 valence electrons. The molecule has 0 radical (unpaired) electrons. The van der Waals surface area contributed by atoms with Crippen molar-refractivity contribution in [1.82, 2.24) is 25.4 Å². The van der Waals surface area contributed by atoms with Gasteiger partial charge in [0.1, 0.15) is 12.7 Å². The standard InChI is InChI=1S/C17H23N5O2/c1-17(2,3)16(24)20-9-15(23)19-8-13-4-6-14(7-5-13)10-22-12-18-11-21-22/h4-7,11-12H,8-10H2,1-3H3,(H,19,23)(H,20,24). The van der Waals surface area contributed by atoms with Crippen molar-refractivity contribution in [2.24, 2.45) is 5.41 Å². The molecule has 2 amide bonds. The maximum Gasteiger partial charge on any atom is 0.239 e. The number of carbonyl (C=O) groups is 2. The molecule has 0 saturated heterocycles. The Morgan fingerprint density at radius 1 is 1.08 bits per heavy atom. The summed E-state index contributed by atoms with van der Waals surface area (Å²) in [6, 6.07) is 7.90. The summed E-state index contributed by atoms with van der Waals surface area (Å²) < 4.78 is 1.74. The fourth-order valence-electron chi connectivity index (χ4n) is 1.95. The van der Waals surface area contributed by atoms with Crippen LogP contribution in [0.4, 0.5) is 0 Å². The average Bonchev–Trinajstić information content (AvgIpc) is 3.04. The lowest BCUT2D eigenvalue weighted by molar-refractivity contribution is -0.131. The molecule has 2 rings (SSSR count). The van der Waals surface area contributed by atoms with E-state index in [1.807, 2.05) is 24.3 Å². The third-order valence-corrected chi connectivity index (χ3v) is 3.41. The normalized spacial score (nSPS) is 11.1. The van der Waals surface area contributed by atoms with Gasteiger partial charge < -0.3 is 10.6 Å². The van der Waals surface area contributed by atoms with E-state index >= 15 is 0 Å². The monoisotopic (exact) mass is 329 g/mol. The summed E-state index contributed by atoms with van der Waals surface area (Å²) in [7, 11) is 0. The van der Waals surface area contributed by atoms with Crippen LogP contribution in [0.25, 0.3) is 0 Å². The molecule has 7 nitrogen and oxygen atoms in total. The third kappa shape index (κ3) is 5.49. The van der Waals surface area contributed by atoms with E-state index in [1.54, 1.807) is 31.8 Å². The minimum atomic E-state index is -0.500. The third-order valence-electron chi connectivity index (χ3n) is 3.41. The van der Waals surface area contributed by atoms with Gasteiger partial charge in [0.15, 0.2) is 0 Å². The van der Waals surface area contributed by atoms with Crippen LogP contribution in [0.3, 0.4) is 0 Å². The molecule has 0 saturated carbocycles. The maximum atomic E-state index is 11.8. The Balaban J connectivity index is 1.75. The van der Waals surface area contributed by atoms with Crippen molar-refractivity contribution in [3.8, 4) is 0 Å². The fraction of sp³-hybridized carbons (Fsp3) is 0.412. The van der Waals surface area contributed by atoms with Crippen molar-refractivity contribution in [2.75, 3.05) is 6.54 Å². The van der Waals surface area contributed by atoms with E-state index in [-0.39, 0.29) is 18.4 Å². The molecule has 2 aromatic rings. The molecular formula is C17H23N5O2. The molecule has 0 fully saturated rings. The number of amides is 2. The van der Waals surface area contributed by atoms with Crippen molar-refractivity contribution in [1.29, 1.82) is 0 Å². The second kappa shape index (κ2) is 7.72. The quantitative estimate of drug-likeness (QED) is 0.831. The SMILES string of the molecule is CC(C)(C)C(=O)NCC(=O)NCc1ccc(Cn2cncn2)cc1. The van der Waals surface area contributed by atoms with Crippen LogP contribution >= 0.6 is 0 Å². The Morgan fingerprint density at radius 2 is 1.75 bits per heavy atom. The first kappa shape index (κ1) is 17.7. The minimum absolute atomic E-state index is 0.0134. The zero-order valence-electron chi connectivity index (χ0n) is 14.2. The molecule has 24 heavy (non-hydrogen) atoms. The lowest BCUT2D eigenvalue weighted by Crippen LogP contribution is -2.41. The second-order valence-electron chi connectivity index (χ2n) is 6.62. The lowest BCUT2D eigenvalue weighted by atomic mass is 9.96. The van der Waals surface area contributed by atoms with Gasteiger partial charge in [0.05, 0.1) is 13.1 Å². The first-order valence-corrected chi connectivity index (χ1v) is 7.80. The zero-order chi connectivity index (χ0) is 17.6. The molecule has 1 aromatic heterocycles. The summed E-state index contributed by atoms with van der Waals surface area (Å²) in [6.07, 6.45) is 3.17. The van der Waals surface area contributed by atoms with Gasteiger partial charge in [-0.25, -0.2) is 9.67 Å². The highest BCUT2D eigenvalue weighted by atomic mass is 16.2. The molecule has 0 aliphatic carbocycles. The van der Waals surface area contributed by atoms with Gasteiger partial charge in [-0.3, -0.25) is 9.59 Å². The van der Waals surface area contributed by atoms with Gasteiger partial charge in [0.25, 0.3) is 0 Å². The Labute approximate surface area is 141 Å². The van der Waals surface area contributed by atoms with Crippen LogP contribution < -0.4 is 10.6 Å². The van der Waals surface area contributed by atoms with Gasteiger partial charge in [-0.05, 0) is 11.1 Å². The number of hydrogen-bond donors (Lipinski definition) is 2. The van der Waals surface area contributed by atoms with Gasteiger partial charge in [-0.2, -0.15) is 5.10 Å². The topological polar surface area (TPSA) is 88.9 Å². The fourth-order valence-corrected chi connectivity index (χ4v) is 1.95. The molecule has 0 aliphatic rings. The smallest absolute Gasteiger partial charge is 0.239 e. The van der Waals surface area contributed by atoms with Gasteiger partial charge in [-0.1, -0.05) is 45.0 Å². The molecular weight excluding hydrogens is 306 g/mol. The Bertz CT molecular complexity index is 672. The molecule has 0 spiro atoms. The molecule has 2 N–H and O–H groups in total. The number of carbonyl (C=O) groups excluding carboxylic acids is 2. The van der Waals surface area contributed by atoms with Crippen LogP contribution in [0, 0.1) is 5.41 Å². The van der Waals surface area contributed by atoms with Gasteiger partial charge >= 0.3 is 0 Å². The number of hydrogen-bond acceptors (Lipinski definition) is 4. The van der Waals surface area contributed by atoms with Crippen molar-refractivity contribution in [3.05, 3.63) is 48.0 Å². The maximum absolute atomic E-state index is 11.8. The lowest BCUT2D eigenvalue weighted by Gasteiger charge is -2.17. The van der Waals surface area contributed by atoms with Crippen molar-refractivity contribution < 1.29 is 9.59 Å². The summed E-state index contributed by atoms with van der Waals surface area (Å²) in [4.78, 5) is 27.4.